The first-order valence-electron chi connectivity index (χ1n) is 9.53. The van der Waals surface area contributed by atoms with E-state index in [1.807, 2.05) is 18.2 Å². The van der Waals surface area contributed by atoms with Crippen LogP contribution < -0.4 is 0 Å². The molecule has 2 aliphatic rings. The summed E-state index contributed by atoms with van der Waals surface area (Å²) < 4.78 is 0. The largest absolute Gasteiger partial charge is 0.390 e. The Morgan fingerprint density at radius 2 is 1.70 bits per heavy atom. The van der Waals surface area contributed by atoms with Crippen LogP contribution in [-0.2, 0) is 6.42 Å². The maximum absolute atomic E-state index is 11.1. The molecule has 1 heterocycles. The van der Waals surface area contributed by atoms with Gasteiger partial charge in [0.2, 0.25) is 0 Å². The molecule has 4 rings (SSSR count). The second-order valence-corrected chi connectivity index (χ2v) is 9.06. The van der Waals surface area contributed by atoms with E-state index >= 15 is 0 Å². The van der Waals surface area contributed by atoms with Gasteiger partial charge in [0.1, 0.15) is 0 Å². The fourth-order valence-corrected chi connectivity index (χ4v) is 5.48. The standard InChI is InChI=1S/C22H25Cl2NO2/c23-18-6-7-19(20(24)8-18)21(26)14-25-12-16-10-22(27,11-17(16)13-25)9-15-4-2-1-3-5-15/h1-8,16-17,21,26-27H,9-14H2/t16-,17+,21?,22?. The van der Waals surface area contributed by atoms with Crippen molar-refractivity contribution in [2.24, 2.45) is 11.8 Å². The molecule has 27 heavy (non-hydrogen) atoms. The summed E-state index contributed by atoms with van der Waals surface area (Å²) in [6.45, 7) is 2.40. The molecule has 0 bridgehead atoms. The summed E-state index contributed by atoms with van der Waals surface area (Å²) in [5.74, 6) is 0.984. The number of nitrogens with zero attached hydrogens (tertiary/aromatic N) is 1. The number of benzene rings is 2. The highest BCUT2D eigenvalue weighted by atomic mass is 35.5. The molecule has 1 saturated heterocycles. The Hall–Kier alpha value is -1.10. The van der Waals surface area contributed by atoms with Gasteiger partial charge in [-0.05, 0) is 42.4 Å². The van der Waals surface area contributed by atoms with Gasteiger partial charge in [0.25, 0.3) is 0 Å². The zero-order valence-electron chi connectivity index (χ0n) is 15.2. The number of hydrogen-bond donors (Lipinski definition) is 2. The summed E-state index contributed by atoms with van der Waals surface area (Å²) in [6, 6.07) is 15.5. The fourth-order valence-electron chi connectivity index (χ4n) is 4.94. The Kier molecular flexibility index (Phi) is 5.50. The Labute approximate surface area is 170 Å². The molecule has 4 atom stereocenters. The minimum atomic E-state index is -0.628. The molecule has 2 unspecified atom stereocenters. The maximum Gasteiger partial charge on any atom is 0.0931 e. The monoisotopic (exact) mass is 405 g/mol. The zero-order chi connectivity index (χ0) is 19.0. The van der Waals surface area contributed by atoms with E-state index in [9.17, 15) is 10.2 Å². The van der Waals surface area contributed by atoms with Crippen molar-refractivity contribution in [1.82, 2.24) is 4.90 Å². The van der Waals surface area contributed by atoms with E-state index in [0.717, 1.165) is 37.9 Å². The Morgan fingerprint density at radius 1 is 1.04 bits per heavy atom. The molecule has 0 spiro atoms. The summed E-state index contributed by atoms with van der Waals surface area (Å²) in [5.41, 5.74) is 1.32. The highest BCUT2D eigenvalue weighted by Gasteiger charge is 2.48. The molecule has 144 valence electrons. The van der Waals surface area contributed by atoms with Crippen molar-refractivity contribution in [2.45, 2.75) is 31.0 Å². The average molecular weight is 406 g/mol. The molecule has 2 N–H and O–H groups in total. The molecule has 0 amide bonds. The van der Waals surface area contributed by atoms with Crippen LogP contribution >= 0.6 is 23.2 Å². The molecule has 3 nitrogen and oxygen atoms in total. The van der Waals surface area contributed by atoms with E-state index in [-0.39, 0.29) is 0 Å². The van der Waals surface area contributed by atoms with Gasteiger partial charge < -0.3 is 10.2 Å². The molecule has 2 aromatic rings. The van der Waals surface area contributed by atoms with Crippen molar-refractivity contribution in [1.29, 1.82) is 0 Å². The van der Waals surface area contributed by atoms with Crippen LogP contribution in [0, 0.1) is 11.8 Å². The van der Waals surface area contributed by atoms with E-state index in [2.05, 4.69) is 17.0 Å². The molecule has 0 radical (unpaired) electrons. The van der Waals surface area contributed by atoms with Gasteiger partial charge in [-0.3, -0.25) is 4.90 Å². The molecule has 5 heteroatoms. The lowest BCUT2D eigenvalue weighted by Crippen LogP contribution is -2.33. The molecule has 2 aromatic carbocycles. The van der Waals surface area contributed by atoms with Crippen LogP contribution in [0.2, 0.25) is 10.0 Å². The Balaban J connectivity index is 1.34. The number of aliphatic hydroxyl groups is 2. The second-order valence-electron chi connectivity index (χ2n) is 8.22. The number of rotatable bonds is 5. The third-order valence-corrected chi connectivity index (χ3v) is 6.63. The minimum absolute atomic E-state index is 0.492. The molecule has 0 aromatic heterocycles. The van der Waals surface area contributed by atoms with Gasteiger partial charge in [0.15, 0.2) is 0 Å². The topological polar surface area (TPSA) is 43.7 Å². The highest BCUT2D eigenvalue weighted by Crippen LogP contribution is 2.45. The number of hydrogen-bond acceptors (Lipinski definition) is 3. The summed E-state index contributed by atoms with van der Waals surface area (Å²) >= 11 is 12.2. The van der Waals surface area contributed by atoms with Crippen LogP contribution in [0.4, 0.5) is 0 Å². The predicted molar refractivity (Wildman–Crippen MR) is 109 cm³/mol. The zero-order valence-corrected chi connectivity index (χ0v) is 16.7. The molecular weight excluding hydrogens is 381 g/mol. The SMILES string of the molecule is OC(CN1C[C@@H]2CC(O)(Cc3ccccc3)C[C@@H]2C1)c1ccc(Cl)cc1Cl. The quantitative estimate of drug-likeness (QED) is 0.777. The van der Waals surface area contributed by atoms with Gasteiger partial charge in [-0.25, -0.2) is 0 Å². The van der Waals surface area contributed by atoms with Gasteiger partial charge in [0.05, 0.1) is 11.7 Å². The van der Waals surface area contributed by atoms with Crippen molar-refractivity contribution >= 4 is 23.2 Å². The first-order chi connectivity index (χ1) is 12.9. The number of fused-ring (bicyclic) bond motifs is 1. The van der Waals surface area contributed by atoms with Crippen LogP contribution in [0.15, 0.2) is 48.5 Å². The summed E-state index contributed by atoms with van der Waals surface area (Å²) in [6.07, 6.45) is 1.77. The molecule has 1 saturated carbocycles. The van der Waals surface area contributed by atoms with E-state index in [1.165, 1.54) is 5.56 Å². The van der Waals surface area contributed by atoms with Gasteiger partial charge in [0, 0.05) is 41.7 Å². The van der Waals surface area contributed by atoms with Crippen LogP contribution in [-0.4, -0.2) is 40.3 Å². The Morgan fingerprint density at radius 3 is 2.33 bits per heavy atom. The van der Waals surface area contributed by atoms with Crippen LogP contribution in [0.5, 0.6) is 0 Å². The lowest BCUT2D eigenvalue weighted by atomic mass is 9.91. The van der Waals surface area contributed by atoms with Crippen molar-refractivity contribution in [3.63, 3.8) is 0 Å². The van der Waals surface area contributed by atoms with Crippen molar-refractivity contribution in [3.8, 4) is 0 Å². The second kappa shape index (κ2) is 7.73. The fraction of sp³-hybridized carbons (Fsp3) is 0.455. The number of likely N-dealkylation sites (tertiary alicyclic amines) is 1. The first kappa shape index (κ1) is 19.2. The first-order valence-corrected chi connectivity index (χ1v) is 10.3. The van der Waals surface area contributed by atoms with E-state index in [4.69, 9.17) is 23.2 Å². The van der Waals surface area contributed by atoms with Gasteiger partial charge in [-0.2, -0.15) is 0 Å². The third-order valence-electron chi connectivity index (χ3n) is 6.07. The average Bonchev–Trinajstić information content (AvgIpc) is 3.09. The van der Waals surface area contributed by atoms with E-state index in [1.54, 1.807) is 18.2 Å². The van der Waals surface area contributed by atoms with Gasteiger partial charge in [-0.15, -0.1) is 0 Å². The molecular formula is C22H25Cl2NO2. The summed E-state index contributed by atoms with van der Waals surface area (Å²) in [5, 5.41) is 22.7. The highest BCUT2D eigenvalue weighted by molar-refractivity contribution is 6.35. The van der Waals surface area contributed by atoms with E-state index < -0.39 is 11.7 Å². The van der Waals surface area contributed by atoms with Crippen molar-refractivity contribution in [3.05, 3.63) is 69.7 Å². The number of aliphatic hydroxyl groups excluding tert-OH is 1. The maximum atomic E-state index is 11.1. The van der Waals surface area contributed by atoms with Crippen LogP contribution in [0.3, 0.4) is 0 Å². The molecule has 1 aliphatic heterocycles. The number of β-amino-alcohol motifs (C(OH)–C–C–N with tert-alkyl or cyclic N) is 1. The predicted octanol–water partition coefficient (Wildman–Crippen LogP) is 4.34. The van der Waals surface area contributed by atoms with E-state index in [0.29, 0.717) is 28.4 Å². The molecule has 2 fully saturated rings. The van der Waals surface area contributed by atoms with Crippen LogP contribution in [0.1, 0.15) is 30.1 Å². The summed E-state index contributed by atoms with van der Waals surface area (Å²) in [7, 11) is 0. The lowest BCUT2D eigenvalue weighted by molar-refractivity contribution is 0.0328. The molecule has 1 aliphatic carbocycles. The number of halogens is 2. The van der Waals surface area contributed by atoms with Crippen molar-refractivity contribution < 1.29 is 10.2 Å². The summed E-state index contributed by atoms with van der Waals surface area (Å²) in [4.78, 5) is 2.30. The smallest absolute Gasteiger partial charge is 0.0931 e. The van der Waals surface area contributed by atoms with Gasteiger partial charge >= 0.3 is 0 Å². The van der Waals surface area contributed by atoms with Gasteiger partial charge in [-0.1, -0.05) is 59.6 Å². The van der Waals surface area contributed by atoms with Crippen molar-refractivity contribution in [2.75, 3.05) is 19.6 Å². The van der Waals surface area contributed by atoms with Crippen LogP contribution in [0.25, 0.3) is 0 Å². The third kappa shape index (κ3) is 4.33. The lowest BCUT2D eigenvalue weighted by Gasteiger charge is -2.27. The minimum Gasteiger partial charge on any atom is -0.390 e. The Bertz CT molecular complexity index is 784. The normalized spacial score (nSPS) is 29.0.